The number of nitrogens with zero attached hydrogens (tertiary/aromatic N) is 1. The quantitative estimate of drug-likeness (QED) is 0.388. The van der Waals surface area contributed by atoms with Crippen molar-refractivity contribution in [1.82, 2.24) is 0 Å². The van der Waals surface area contributed by atoms with Crippen LogP contribution in [0.2, 0.25) is 5.02 Å². The Kier molecular flexibility index (Phi) is 4.77. The number of hydrogen-bond acceptors (Lipinski definition) is 4. The maximum atomic E-state index is 12.5. The fourth-order valence-corrected chi connectivity index (χ4v) is 2.62. The first-order valence-corrected chi connectivity index (χ1v) is 7.84. The Morgan fingerprint density at radius 1 is 0.920 bits per heavy atom. The molecule has 1 N–H and O–H groups in total. The van der Waals surface area contributed by atoms with Gasteiger partial charge in [0.1, 0.15) is 5.69 Å². The van der Waals surface area contributed by atoms with E-state index in [1.54, 1.807) is 66.7 Å². The van der Waals surface area contributed by atoms with E-state index in [4.69, 9.17) is 11.6 Å². The molecule has 3 aromatic rings. The average molecular weight is 353 g/mol. The predicted molar refractivity (Wildman–Crippen MR) is 97.7 cm³/mol. The highest BCUT2D eigenvalue weighted by Crippen LogP contribution is 2.27. The molecule has 0 radical (unpaired) electrons. The maximum Gasteiger partial charge on any atom is 0.292 e. The summed E-state index contributed by atoms with van der Waals surface area (Å²) >= 11 is 6.06. The van der Waals surface area contributed by atoms with Crippen LogP contribution in [0.4, 0.5) is 17.1 Å². The van der Waals surface area contributed by atoms with Crippen LogP contribution in [-0.4, -0.2) is 10.7 Å². The van der Waals surface area contributed by atoms with Gasteiger partial charge in [-0.25, -0.2) is 0 Å². The van der Waals surface area contributed by atoms with Crippen molar-refractivity contribution in [3.8, 4) is 0 Å². The van der Waals surface area contributed by atoms with Crippen LogP contribution in [0.5, 0.6) is 0 Å². The van der Waals surface area contributed by atoms with Crippen LogP contribution in [0, 0.1) is 10.1 Å². The van der Waals surface area contributed by atoms with E-state index in [1.165, 1.54) is 6.07 Å². The first kappa shape index (κ1) is 16.7. The second-order valence-electron chi connectivity index (χ2n) is 5.29. The van der Waals surface area contributed by atoms with Crippen molar-refractivity contribution in [2.45, 2.75) is 0 Å². The van der Waals surface area contributed by atoms with E-state index in [2.05, 4.69) is 5.32 Å². The number of para-hydroxylation sites is 2. The monoisotopic (exact) mass is 352 g/mol. The molecule has 0 aromatic heterocycles. The van der Waals surface area contributed by atoms with Crippen molar-refractivity contribution in [2.75, 3.05) is 5.32 Å². The molecule has 0 spiro atoms. The van der Waals surface area contributed by atoms with Crippen molar-refractivity contribution in [1.29, 1.82) is 0 Å². The molecule has 0 aliphatic carbocycles. The molecule has 0 fully saturated rings. The Morgan fingerprint density at radius 3 is 2.24 bits per heavy atom. The Labute approximate surface area is 149 Å². The molecule has 0 bridgehead atoms. The molecule has 0 amide bonds. The minimum atomic E-state index is -0.447. The molecule has 6 heteroatoms. The number of nitro benzene ring substituents is 1. The largest absolute Gasteiger partial charge is 0.350 e. The van der Waals surface area contributed by atoms with Gasteiger partial charge in [-0.1, -0.05) is 35.9 Å². The van der Waals surface area contributed by atoms with E-state index in [0.717, 1.165) is 0 Å². The number of carbonyl (C=O) groups is 1. The molecule has 0 atom stereocenters. The van der Waals surface area contributed by atoms with E-state index < -0.39 is 4.92 Å². The summed E-state index contributed by atoms with van der Waals surface area (Å²) in [6, 6.07) is 19.9. The summed E-state index contributed by atoms with van der Waals surface area (Å²) in [7, 11) is 0. The lowest BCUT2D eigenvalue weighted by Crippen LogP contribution is -2.02. The van der Waals surface area contributed by atoms with Gasteiger partial charge >= 0.3 is 0 Å². The normalized spacial score (nSPS) is 10.3. The molecule has 3 rings (SSSR count). The molecule has 124 valence electrons. The second kappa shape index (κ2) is 7.15. The average Bonchev–Trinajstić information content (AvgIpc) is 2.62. The Hall–Kier alpha value is -3.18. The molecule has 0 heterocycles. The highest BCUT2D eigenvalue weighted by molar-refractivity contribution is 6.35. The number of benzene rings is 3. The van der Waals surface area contributed by atoms with Gasteiger partial charge in [-0.3, -0.25) is 14.9 Å². The zero-order chi connectivity index (χ0) is 17.8. The van der Waals surface area contributed by atoms with Crippen molar-refractivity contribution in [3.05, 3.63) is 99.1 Å². The van der Waals surface area contributed by atoms with Crippen LogP contribution < -0.4 is 5.32 Å². The van der Waals surface area contributed by atoms with Crippen LogP contribution >= 0.6 is 11.6 Å². The summed E-state index contributed by atoms with van der Waals surface area (Å²) < 4.78 is 0. The third-order valence-electron chi connectivity index (χ3n) is 3.65. The van der Waals surface area contributed by atoms with E-state index in [1.807, 2.05) is 0 Å². The number of halogens is 1. The predicted octanol–water partition coefficient (Wildman–Crippen LogP) is 5.22. The highest BCUT2D eigenvalue weighted by Gasteiger charge is 2.14. The number of nitro groups is 1. The molecule has 0 unspecified atom stereocenters. The summed E-state index contributed by atoms with van der Waals surface area (Å²) in [4.78, 5) is 23.1. The van der Waals surface area contributed by atoms with Crippen molar-refractivity contribution in [3.63, 3.8) is 0 Å². The number of anilines is 2. The first-order valence-electron chi connectivity index (χ1n) is 7.46. The zero-order valence-electron chi connectivity index (χ0n) is 13.0. The summed E-state index contributed by atoms with van der Waals surface area (Å²) in [6.45, 7) is 0. The van der Waals surface area contributed by atoms with Gasteiger partial charge in [0, 0.05) is 22.9 Å². The molecular weight excluding hydrogens is 340 g/mol. The van der Waals surface area contributed by atoms with E-state index in [0.29, 0.717) is 27.5 Å². The third kappa shape index (κ3) is 3.67. The van der Waals surface area contributed by atoms with Gasteiger partial charge in [0.2, 0.25) is 0 Å². The number of ketones is 1. The summed E-state index contributed by atoms with van der Waals surface area (Å²) in [5.74, 6) is -0.178. The van der Waals surface area contributed by atoms with Crippen LogP contribution in [0.1, 0.15) is 15.9 Å². The van der Waals surface area contributed by atoms with Gasteiger partial charge in [0.25, 0.3) is 5.69 Å². The summed E-state index contributed by atoms with van der Waals surface area (Å²) in [6.07, 6.45) is 0. The number of rotatable bonds is 5. The number of carbonyl (C=O) groups excluding carboxylic acids is 1. The molecule has 25 heavy (non-hydrogen) atoms. The lowest BCUT2D eigenvalue weighted by molar-refractivity contribution is -0.383. The lowest BCUT2D eigenvalue weighted by Gasteiger charge is -2.08. The van der Waals surface area contributed by atoms with Gasteiger partial charge in [-0.2, -0.15) is 0 Å². The van der Waals surface area contributed by atoms with E-state index >= 15 is 0 Å². The molecular formula is C19H13ClN2O3. The van der Waals surface area contributed by atoms with Crippen molar-refractivity contribution >= 4 is 34.4 Å². The molecule has 0 aliphatic rings. The van der Waals surface area contributed by atoms with Gasteiger partial charge in [-0.05, 0) is 42.5 Å². The van der Waals surface area contributed by atoms with E-state index in [9.17, 15) is 14.9 Å². The molecule has 0 aliphatic heterocycles. The third-order valence-corrected chi connectivity index (χ3v) is 3.97. The molecule has 3 aromatic carbocycles. The number of hydrogen-bond donors (Lipinski definition) is 1. The fourth-order valence-electron chi connectivity index (χ4n) is 2.40. The van der Waals surface area contributed by atoms with Crippen LogP contribution in [0.15, 0.2) is 72.8 Å². The highest BCUT2D eigenvalue weighted by atomic mass is 35.5. The smallest absolute Gasteiger partial charge is 0.292 e. The van der Waals surface area contributed by atoms with Crippen LogP contribution in [-0.2, 0) is 0 Å². The molecule has 0 saturated carbocycles. The topological polar surface area (TPSA) is 72.2 Å². The molecule has 5 nitrogen and oxygen atoms in total. The van der Waals surface area contributed by atoms with Gasteiger partial charge in [0.05, 0.1) is 9.95 Å². The minimum absolute atomic E-state index is 0.0151. The fraction of sp³-hybridized carbons (Fsp3) is 0. The van der Waals surface area contributed by atoms with Crippen molar-refractivity contribution < 1.29 is 9.72 Å². The summed E-state index contributed by atoms with van der Waals surface area (Å²) in [5, 5.41) is 14.4. The Morgan fingerprint density at radius 2 is 1.56 bits per heavy atom. The first-order chi connectivity index (χ1) is 12.1. The zero-order valence-corrected chi connectivity index (χ0v) is 13.7. The Bertz CT molecular complexity index is 939. The maximum absolute atomic E-state index is 12.5. The van der Waals surface area contributed by atoms with Gasteiger partial charge in [0.15, 0.2) is 5.78 Å². The molecule has 0 saturated heterocycles. The Balaban J connectivity index is 1.83. The van der Waals surface area contributed by atoms with Gasteiger partial charge in [-0.15, -0.1) is 0 Å². The lowest BCUT2D eigenvalue weighted by atomic mass is 10.0. The van der Waals surface area contributed by atoms with E-state index in [-0.39, 0.29) is 11.5 Å². The van der Waals surface area contributed by atoms with Crippen LogP contribution in [0.25, 0.3) is 0 Å². The van der Waals surface area contributed by atoms with Gasteiger partial charge < -0.3 is 5.32 Å². The summed E-state index contributed by atoms with van der Waals surface area (Å²) in [5.41, 5.74) is 1.94. The standard InChI is InChI=1S/C19H13ClN2O3/c20-16-6-2-1-5-15(16)19(23)13-9-11-14(12-10-13)21-17-7-3-4-8-18(17)22(24)25/h1-12,21H. The second-order valence-corrected chi connectivity index (χ2v) is 5.69. The number of nitrogens with one attached hydrogen (secondary N) is 1. The van der Waals surface area contributed by atoms with Crippen molar-refractivity contribution in [2.24, 2.45) is 0 Å². The SMILES string of the molecule is O=C(c1ccc(Nc2ccccc2[N+](=O)[O-])cc1)c1ccccc1Cl. The minimum Gasteiger partial charge on any atom is -0.350 e. The van der Waals surface area contributed by atoms with Crippen LogP contribution in [0.3, 0.4) is 0 Å².